The zero-order valence-electron chi connectivity index (χ0n) is 10.3. The molecule has 1 aliphatic heterocycles. The predicted octanol–water partition coefficient (Wildman–Crippen LogP) is 1.34. The first-order chi connectivity index (χ1) is 6.74. The lowest BCUT2D eigenvalue weighted by molar-refractivity contribution is -0.177. The Balaban J connectivity index is 2.97. The van der Waals surface area contributed by atoms with Gasteiger partial charge in [0.05, 0.1) is 12.0 Å². The minimum Gasteiger partial charge on any atom is -0.462 e. The number of ether oxygens (including phenoxy) is 1. The summed E-state index contributed by atoms with van der Waals surface area (Å²) in [4.78, 5) is 11.4. The first-order valence-electron chi connectivity index (χ1n) is 5.63. The SMILES string of the molecule is [2H][C@]1(C)[C@@H](CCC)OC(=O)[C@]([2H])(C)[C@H]1O. The van der Waals surface area contributed by atoms with E-state index in [1.807, 2.05) is 6.92 Å². The molecule has 1 N–H and O–H groups in total. The van der Waals surface area contributed by atoms with Gasteiger partial charge in [-0.15, -0.1) is 0 Å². The van der Waals surface area contributed by atoms with E-state index in [0.717, 1.165) is 6.42 Å². The van der Waals surface area contributed by atoms with Crippen LogP contribution in [0.4, 0.5) is 0 Å². The summed E-state index contributed by atoms with van der Waals surface area (Å²) < 4.78 is 20.7. The molecule has 4 atom stereocenters. The number of aliphatic hydroxyl groups excluding tert-OH is 1. The second kappa shape index (κ2) is 4.09. The molecule has 0 spiro atoms. The number of hydrogen-bond donors (Lipinski definition) is 1. The largest absolute Gasteiger partial charge is 0.462 e. The molecule has 0 saturated carbocycles. The highest BCUT2D eigenvalue weighted by Gasteiger charge is 2.39. The lowest BCUT2D eigenvalue weighted by Gasteiger charge is -2.36. The molecule has 0 aromatic carbocycles. The number of cyclic esters (lactones) is 1. The summed E-state index contributed by atoms with van der Waals surface area (Å²) in [5.41, 5.74) is 0. The van der Waals surface area contributed by atoms with Crippen molar-refractivity contribution >= 4 is 5.97 Å². The van der Waals surface area contributed by atoms with Crippen molar-refractivity contribution in [3.63, 3.8) is 0 Å². The number of carbonyl (C=O) groups is 1. The molecule has 1 aliphatic rings. The van der Waals surface area contributed by atoms with E-state index in [1.165, 1.54) is 13.8 Å². The molecule has 0 radical (unpaired) electrons. The Morgan fingerprint density at radius 1 is 1.62 bits per heavy atom. The van der Waals surface area contributed by atoms with Crippen molar-refractivity contribution in [1.29, 1.82) is 0 Å². The third-order valence-electron chi connectivity index (χ3n) is 2.47. The fourth-order valence-electron chi connectivity index (χ4n) is 1.49. The second-order valence-electron chi connectivity index (χ2n) is 3.51. The Kier molecular flexibility index (Phi) is 2.46. The summed E-state index contributed by atoms with van der Waals surface area (Å²) in [5, 5.41) is 9.86. The van der Waals surface area contributed by atoms with Crippen LogP contribution in [-0.2, 0) is 9.53 Å². The number of carbonyl (C=O) groups excluding carboxylic acids is 1. The molecular weight excluding hydrogens is 168 g/mol. The van der Waals surface area contributed by atoms with Gasteiger partial charge < -0.3 is 9.84 Å². The van der Waals surface area contributed by atoms with E-state index in [1.54, 1.807) is 0 Å². The van der Waals surface area contributed by atoms with Crippen LogP contribution in [0.25, 0.3) is 0 Å². The topological polar surface area (TPSA) is 46.5 Å². The average molecular weight is 188 g/mol. The van der Waals surface area contributed by atoms with E-state index in [9.17, 15) is 9.90 Å². The molecule has 0 unspecified atom stereocenters. The van der Waals surface area contributed by atoms with Crippen molar-refractivity contribution in [3.05, 3.63) is 0 Å². The van der Waals surface area contributed by atoms with Gasteiger partial charge in [0.1, 0.15) is 6.10 Å². The van der Waals surface area contributed by atoms with Crippen LogP contribution >= 0.6 is 0 Å². The molecule has 0 aromatic heterocycles. The Hall–Kier alpha value is -0.570. The summed E-state index contributed by atoms with van der Waals surface area (Å²) in [6.45, 7) is 4.72. The quantitative estimate of drug-likeness (QED) is 0.665. The first kappa shape index (κ1) is 7.80. The molecule has 0 aliphatic carbocycles. The van der Waals surface area contributed by atoms with Crippen molar-refractivity contribution in [2.45, 2.75) is 45.8 Å². The minimum absolute atomic E-state index is 0.541. The van der Waals surface area contributed by atoms with Gasteiger partial charge in [0.25, 0.3) is 0 Å². The molecule has 0 aromatic rings. The standard InChI is InChI=1S/C10H18O3/c1-4-5-8-6(2)9(11)7(3)10(12)13-8/h6-9,11H,4-5H2,1-3H3/t6-,7+,8+,9-/m0/s1/i6D,7D. The third kappa shape index (κ3) is 2.02. The van der Waals surface area contributed by atoms with Gasteiger partial charge in [-0.1, -0.05) is 20.3 Å². The second-order valence-corrected chi connectivity index (χ2v) is 3.51. The maximum absolute atomic E-state index is 11.4. The first-order valence-corrected chi connectivity index (χ1v) is 4.63. The smallest absolute Gasteiger partial charge is 0.311 e. The van der Waals surface area contributed by atoms with Gasteiger partial charge in [-0.2, -0.15) is 0 Å². The maximum Gasteiger partial charge on any atom is 0.311 e. The van der Waals surface area contributed by atoms with E-state index in [4.69, 9.17) is 7.48 Å². The van der Waals surface area contributed by atoms with Crippen molar-refractivity contribution in [1.82, 2.24) is 0 Å². The molecule has 1 fully saturated rings. The van der Waals surface area contributed by atoms with Crippen LogP contribution in [0.2, 0.25) is 0 Å². The number of hydrogen-bond acceptors (Lipinski definition) is 3. The molecule has 76 valence electrons. The van der Waals surface area contributed by atoms with Gasteiger partial charge in [-0.05, 0) is 13.3 Å². The van der Waals surface area contributed by atoms with E-state index in [2.05, 4.69) is 0 Å². The van der Waals surface area contributed by atoms with Gasteiger partial charge in [0, 0.05) is 8.64 Å². The lowest BCUT2D eigenvalue weighted by atomic mass is 9.85. The van der Waals surface area contributed by atoms with Gasteiger partial charge in [0.15, 0.2) is 0 Å². The molecule has 1 heterocycles. The molecule has 0 amide bonds. The Morgan fingerprint density at radius 2 is 2.23 bits per heavy atom. The Morgan fingerprint density at radius 3 is 2.77 bits per heavy atom. The normalized spacial score (nSPS) is 53.7. The van der Waals surface area contributed by atoms with Crippen molar-refractivity contribution < 1.29 is 17.4 Å². The fourth-order valence-corrected chi connectivity index (χ4v) is 1.49. The van der Waals surface area contributed by atoms with Gasteiger partial charge in [-0.25, -0.2) is 0 Å². The van der Waals surface area contributed by atoms with Crippen LogP contribution in [0, 0.1) is 11.8 Å². The van der Waals surface area contributed by atoms with Crippen LogP contribution in [0.5, 0.6) is 0 Å². The van der Waals surface area contributed by atoms with Crippen LogP contribution in [0.1, 0.15) is 36.4 Å². The summed E-state index contributed by atoms with van der Waals surface area (Å²) in [7, 11) is 0. The van der Waals surface area contributed by atoms with E-state index < -0.39 is 30.0 Å². The minimum atomic E-state index is -1.74. The Bertz CT molecular complexity index is 263. The van der Waals surface area contributed by atoms with Gasteiger partial charge in [0.2, 0.25) is 0 Å². The molecule has 3 heteroatoms. The monoisotopic (exact) mass is 188 g/mol. The van der Waals surface area contributed by atoms with E-state index >= 15 is 0 Å². The van der Waals surface area contributed by atoms with Gasteiger partial charge >= 0.3 is 5.97 Å². The van der Waals surface area contributed by atoms with E-state index in [-0.39, 0.29) is 0 Å². The van der Waals surface area contributed by atoms with Crippen LogP contribution in [-0.4, -0.2) is 23.3 Å². The fraction of sp³-hybridized carbons (Fsp3) is 0.900. The molecule has 3 nitrogen and oxygen atoms in total. The third-order valence-corrected chi connectivity index (χ3v) is 2.47. The highest BCUT2D eigenvalue weighted by molar-refractivity contribution is 5.73. The number of aliphatic hydroxyl groups is 1. The maximum atomic E-state index is 11.4. The Labute approximate surface area is 81.9 Å². The molecule has 13 heavy (non-hydrogen) atoms. The number of esters is 1. The summed E-state index contributed by atoms with van der Waals surface area (Å²) in [6.07, 6.45) is -0.626. The summed E-state index contributed by atoms with van der Waals surface area (Å²) in [5.74, 6) is -3.78. The van der Waals surface area contributed by atoms with Crippen LogP contribution in [0.15, 0.2) is 0 Å². The highest BCUT2D eigenvalue weighted by atomic mass is 16.5. The molecule has 0 bridgehead atoms. The zero-order chi connectivity index (χ0) is 11.9. The van der Waals surface area contributed by atoms with Crippen LogP contribution < -0.4 is 0 Å². The van der Waals surface area contributed by atoms with E-state index in [0.29, 0.717) is 6.42 Å². The van der Waals surface area contributed by atoms with Crippen molar-refractivity contribution in [3.8, 4) is 0 Å². The average Bonchev–Trinajstić information content (AvgIpc) is 2.13. The zero-order valence-corrected chi connectivity index (χ0v) is 8.33. The van der Waals surface area contributed by atoms with Gasteiger partial charge in [-0.3, -0.25) is 4.79 Å². The van der Waals surface area contributed by atoms with Crippen molar-refractivity contribution in [2.24, 2.45) is 11.8 Å². The molecule has 1 saturated heterocycles. The highest BCUT2D eigenvalue weighted by Crippen LogP contribution is 2.28. The van der Waals surface area contributed by atoms with Crippen molar-refractivity contribution in [2.75, 3.05) is 0 Å². The molecule has 1 rings (SSSR count). The number of rotatable bonds is 2. The summed E-state index contributed by atoms with van der Waals surface area (Å²) in [6, 6.07) is 0. The summed E-state index contributed by atoms with van der Waals surface area (Å²) >= 11 is 0. The predicted molar refractivity (Wildman–Crippen MR) is 49.1 cm³/mol. The van der Waals surface area contributed by atoms with Crippen LogP contribution in [0.3, 0.4) is 0 Å². The lowest BCUT2D eigenvalue weighted by Crippen LogP contribution is -2.46. The molecular formula is C10H18O3.